The van der Waals surface area contributed by atoms with Gasteiger partial charge < -0.3 is 14.9 Å². The molecule has 1 aromatic rings. The lowest BCUT2D eigenvalue weighted by Gasteiger charge is -2.17. The van der Waals surface area contributed by atoms with E-state index in [2.05, 4.69) is 4.98 Å². The van der Waals surface area contributed by atoms with Gasteiger partial charge in [0.15, 0.2) is 0 Å². The lowest BCUT2D eigenvalue weighted by Crippen LogP contribution is -2.18. The standard InChI is InChI=1S/C10H12N2O3/c1-15-10-7(3-2-6-12-10)9(14)8(13)4-5-11/h2-3,6,8-9,13-14H,4H2,1H3. The van der Waals surface area contributed by atoms with Crippen molar-refractivity contribution in [1.82, 2.24) is 4.98 Å². The molecule has 2 atom stereocenters. The molecule has 0 fully saturated rings. The molecule has 1 aromatic heterocycles. The van der Waals surface area contributed by atoms with Gasteiger partial charge in [-0.1, -0.05) is 0 Å². The van der Waals surface area contributed by atoms with Crippen molar-refractivity contribution in [1.29, 1.82) is 5.26 Å². The zero-order valence-corrected chi connectivity index (χ0v) is 8.29. The van der Waals surface area contributed by atoms with E-state index in [0.717, 1.165) is 0 Å². The molecular weight excluding hydrogens is 196 g/mol. The van der Waals surface area contributed by atoms with Gasteiger partial charge in [-0.15, -0.1) is 0 Å². The second kappa shape index (κ2) is 5.29. The van der Waals surface area contributed by atoms with Gasteiger partial charge >= 0.3 is 0 Å². The summed E-state index contributed by atoms with van der Waals surface area (Å²) in [5.41, 5.74) is 0.378. The Balaban J connectivity index is 2.90. The molecule has 2 unspecified atom stereocenters. The summed E-state index contributed by atoms with van der Waals surface area (Å²) in [6.45, 7) is 0. The summed E-state index contributed by atoms with van der Waals surface area (Å²) in [5, 5.41) is 27.5. The molecule has 1 heterocycles. The van der Waals surface area contributed by atoms with E-state index in [9.17, 15) is 10.2 Å². The van der Waals surface area contributed by atoms with Crippen LogP contribution in [0.1, 0.15) is 18.1 Å². The monoisotopic (exact) mass is 208 g/mol. The highest BCUT2D eigenvalue weighted by molar-refractivity contribution is 5.28. The van der Waals surface area contributed by atoms with E-state index in [1.54, 1.807) is 18.2 Å². The van der Waals surface area contributed by atoms with Crippen molar-refractivity contribution in [3.63, 3.8) is 0 Å². The topological polar surface area (TPSA) is 86.4 Å². The van der Waals surface area contributed by atoms with Gasteiger partial charge in [0.1, 0.15) is 6.10 Å². The lowest BCUT2D eigenvalue weighted by molar-refractivity contribution is 0.0199. The minimum Gasteiger partial charge on any atom is -0.481 e. The van der Waals surface area contributed by atoms with Gasteiger partial charge in [-0.05, 0) is 12.1 Å². The molecule has 0 saturated heterocycles. The van der Waals surface area contributed by atoms with Crippen LogP contribution in [0, 0.1) is 11.3 Å². The van der Waals surface area contributed by atoms with Crippen molar-refractivity contribution in [2.45, 2.75) is 18.6 Å². The molecule has 1 rings (SSSR count). The van der Waals surface area contributed by atoms with Crippen LogP contribution in [0.5, 0.6) is 5.88 Å². The summed E-state index contributed by atoms with van der Waals surface area (Å²) >= 11 is 0. The average Bonchev–Trinajstić information content (AvgIpc) is 2.28. The molecule has 0 aliphatic rings. The van der Waals surface area contributed by atoms with Gasteiger partial charge in [0, 0.05) is 11.8 Å². The fourth-order valence-corrected chi connectivity index (χ4v) is 1.21. The van der Waals surface area contributed by atoms with Crippen molar-refractivity contribution in [3.8, 4) is 11.9 Å². The normalized spacial score (nSPS) is 14.0. The van der Waals surface area contributed by atoms with Gasteiger partial charge in [0.05, 0.1) is 25.7 Å². The SMILES string of the molecule is COc1ncccc1C(O)C(O)CC#N. The molecule has 15 heavy (non-hydrogen) atoms. The summed E-state index contributed by atoms with van der Waals surface area (Å²) in [5.74, 6) is 0.252. The first-order valence-corrected chi connectivity index (χ1v) is 4.42. The van der Waals surface area contributed by atoms with Crippen molar-refractivity contribution in [2.75, 3.05) is 7.11 Å². The molecule has 0 saturated carbocycles. The fourth-order valence-electron chi connectivity index (χ4n) is 1.21. The van der Waals surface area contributed by atoms with Crippen molar-refractivity contribution >= 4 is 0 Å². The van der Waals surface area contributed by atoms with Gasteiger partial charge in [0.2, 0.25) is 5.88 Å². The number of ether oxygens (including phenoxy) is 1. The van der Waals surface area contributed by atoms with E-state index in [0.29, 0.717) is 5.56 Å². The molecule has 0 bridgehead atoms. The van der Waals surface area contributed by atoms with Gasteiger partial charge in [-0.3, -0.25) is 0 Å². The predicted octanol–water partition coefficient (Wildman–Crippen LogP) is 0.398. The number of pyridine rings is 1. The number of rotatable bonds is 4. The number of hydrogen-bond acceptors (Lipinski definition) is 5. The molecule has 0 aliphatic heterocycles. The van der Waals surface area contributed by atoms with Crippen LogP contribution in [-0.4, -0.2) is 28.4 Å². The van der Waals surface area contributed by atoms with E-state index >= 15 is 0 Å². The Morgan fingerprint density at radius 3 is 2.93 bits per heavy atom. The van der Waals surface area contributed by atoms with Crippen LogP contribution in [-0.2, 0) is 0 Å². The van der Waals surface area contributed by atoms with Crippen LogP contribution in [0.4, 0.5) is 0 Å². The Morgan fingerprint density at radius 1 is 1.60 bits per heavy atom. The van der Waals surface area contributed by atoms with E-state index in [-0.39, 0.29) is 12.3 Å². The Bertz CT molecular complexity index is 362. The number of nitriles is 1. The van der Waals surface area contributed by atoms with Crippen LogP contribution >= 0.6 is 0 Å². The minimum atomic E-state index is -1.16. The van der Waals surface area contributed by atoms with Crippen LogP contribution in [0.3, 0.4) is 0 Å². The number of aliphatic hydroxyl groups excluding tert-OH is 2. The smallest absolute Gasteiger partial charge is 0.218 e. The number of methoxy groups -OCH3 is 1. The molecule has 80 valence electrons. The lowest BCUT2D eigenvalue weighted by atomic mass is 10.0. The van der Waals surface area contributed by atoms with E-state index in [4.69, 9.17) is 10.00 Å². The molecule has 5 nitrogen and oxygen atoms in total. The minimum absolute atomic E-state index is 0.140. The highest BCUT2D eigenvalue weighted by atomic mass is 16.5. The highest BCUT2D eigenvalue weighted by Gasteiger charge is 2.21. The third kappa shape index (κ3) is 2.65. The Hall–Kier alpha value is -1.64. The summed E-state index contributed by atoms with van der Waals surface area (Å²) in [6.07, 6.45) is -0.910. The van der Waals surface area contributed by atoms with E-state index in [1.165, 1.54) is 13.3 Å². The average molecular weight is 208 g/mol. The maximum atomic E-state index is 9.71. The quantitative estimate of drug-likeness (QED) is 0.747. The van der Waals surface area contributed by atoms with Crippen LogP contribution in [0.15, 0.2) is 18.3 Å². The number of hydrogen-bond donors (Lipinski definition) is 2. The molecule has 5 heteroatoms. The highest BCUT2D eigenvalue weighted by Crippen LogP contribution is 2.25. The van der Waals surface area contributed by atoms with Crippen molar-refractivity contribution in [3.05, 3.63) is 23.9 Å². The second-order valence-electron chi connectivity index (χ2n) is 2.98. The van der Waals surface area contributed by atoms with Crippen molar-refractivity contribution in [2.24, 2.45) is 0 Å². The number of aromatic nitrogens is 1. The molecule has 0 spiro atoms. The first kappa shape index (κ1) is 11.4. The molecule has 0 aromatic carbocycles. The first-order valence-electron chi connectivity index (χ1n) is 4.42. The molecule has 0 radical (unpaired) electrons. The zero-order chi connectivity index (χ0) is 11.3. The maximum absolute atomic E-state index is 9.71. The van der Waals surface area contributed by atoms with Crippen LogP contribution in [0.25, 0.3) is 0 Å². The van der Waals surface area contributed by atoms with E-state index < -0.39 is 12.2 Å². The summed E-state index contributed by atoms with van der Waals surface area (Å²) in [4.78, 5) is 3.88. The third-order valence-corrected chi connectivity index (χ3v) is 1.98. The number of aliphatic hydroxyl groups is 2. The van der Waals surface area contributed by atoms with Crippen molar-refractivity contribution < 1.29 is 14.9 Å². The fraction of sp³-hybridized carbons (Fsp3) is 0.400. The largest absolute Gasteiger partial charge is 0.481 e. The molecule has 2 N–H and O–H groups in total. The summed E-state index contributed by atoms with van der Waals surface area (Å²) in [7, 11) is 1.43. The van der Waals surface area contributed by atoms with Crippen LogP contribution < -0.4 is 4.74 Å². The molecule has 0 amide bonds. The Morgan fingerprint density at radius 2 is 2.33 bits per heavy atom. The molecule has 0 aliphatic carbocycles. The van der Waals surface area contributed by atoms with Gasteiger partial charge in [0.25, 0.3) is 0 Å². The summed E-state index contributed by atoms with van der Waals surface area (Å²) < 4.78 is 4.93. The zero-order valence-electron chi connectivity index (χ0n) is 8.29. The van der Waals surface area contributed by atoms with Gasteiger partial charge in [-0.2, -0.15) is 5.26 Å². The van der Waals surface area contributed by atoms with Gasteiger partial charge in [-0.25, -0.2) is 4.98 Å². The second-order valence-corrected chi connectivity index (χ2v) is 2.98. The maximum Gasteiger partial charge on any atom is 0.218 e. The van der Waals surface area contributed by atoms with Crippen LogP contribution in [0.2, 0.25) is 0 Å². The first-order chi connectivity index (χ1) is 7.20. The Kier molecular flexibility index (Phi) is 4.03. The third-order valence-electron chi connectivity index (χ3n) is 1.98. The Labute approximate surface area is 87.6 Å². The van der Waals surface area contributed by atoms with E-state index in [1.807, 2.05) is 0 Å². The predicted molar refractivity (Wildman–Crippen MR) is 52.0 cm³/mol. The summed E-state index contributed by atoms with van der Waals surface area (Å²) in [6, 6.07) is 5.00. The molecular formula is C10H12N2O3. The number of nitrogens with zero attached hydrogens (tertiary/aromatic N) is 2.